The maximum Gasteiger partial charge on any atom is 0.238 e. The Hall–Kier alpha value is -2.74. The van der Waals surface area contributed by atoms with Crippen LogP contribution in [0.15, 0.2) is 58.3 Å². The zero-order valence-corrected chi connectivity index (χ0v) is 18.3. The summed E-state index contributed by atoms with van der Waals surface area (Å²) in [6, 6.07) is 14.1. The number of rotatable bonds is 8. The molecule has 1 aliphatic heterocycles. The lowest BCUT2D eigenvalue weighted by Gasteiger charge is -2.27. The molecule has 0 bridgehead atoms. The van der Waals surface area contributed by atoms with Gasteiger partial charge in [-0.15, -0.1) is 10.2 Å². The minimum Gasteiger partial charge on any atom is -0.467 e. The highest BCUT2D eigenvalue weighted by Crippen LogP contribution is 2.37. The maximum absolute atomic E-state index is 13.1. The van der Waals surface area contributed by atoms with Crippen molar-refractivity contribution in [3.8, 4) is 0 Å². The summed E-state index contributed by atoms with van der Waals surface area (Å²) in [5, 5.41) is 12.6. The van der Waals surface area contributed by atoms with Crippen molar-refractivity contribution in [2.45, 2.75) is 55.1 Å². The van der Waals surface area contributed by atoms with E-state index in [1.54, 1.807) is 6.26 Å². The molecule has 1 aromatic carbocycles. The summed E-state index contributed by atoms with van der Waals surface area (Å²) in [4.78, 5) is 15.4. The third-order valence-corrected chi connectivity index (χ3v) is 6.95. The highest BCUT2D eigenvalue weighted by molar-refractivity contribution is 8.00. The zero-order chi connectivity index (χ0) is 21.0. The van der Waals surface area contributed by atoms with Crippen LogP contribution in [-0.4, -0.2) is 39.8 Å². The Bertz CT molecular complexity index is 994. The quantitative estimate of drug-likeness (QED) is 0.537. The first-order valence-corrected chi connectivity index (χ1v) is 11.9. The molecule has 1 saturated carbocycles. The Labute approximate surface area is 186 Å². The second-order valence-corrected chi connectivity index (χ2v) is 9.26. The number of furan rings is 1. The van der Waals surface area contributed by atoms with Gasteiger partial charge in [0.25, 0.3) is 0 Å². The minimum absolute atomic E-state index is 0.0331. The normalized spacial score (nSPS) is 17.5. The molecular formula is C23H27N5O2S. The first-order chi connectivity index (χ1) is 15.3. The molecule has 1 amide bonds. The molecule has 0 unspecified atom stereocenters. The number of aromatic nitrogens is 3. The molecule has 1 N–H and O–H groups in total. The van der Waals surface area contributed by atoms with Crippen molar-refractivity contribution in [3.63, 3.8) is 0 Å². The van der Waals surface area contributed by atoms with Crippen molar-refractivity contribution >= 4 is 23.6 Å². The zero-order valence-electron chi connectivity index (χ0n) is 17.4. The summed E-state index contributed by atoms with van der Waals surface area (Å²) in [7, 11) is 0. The molecule has 2 fully saturated rings. The van der Waals surface area contributed by atoms with Gasteiger partial charge in [0.2, 0.25) is 11.9 Å². The fourth-order valence-electron chi connectivity index (χ4n) is 3.90. The van der Waals surface area contributed by atoms with Crippen molar-refractivity contribution in [1.82, 2.24) is 20.1 Å². The number of hydrogen-bond donors (Lipinski definition) is 1. The lowest BCUT2D eigenvalue weighted by Crippen LogP contribution is -2.32. The van der Waals surface area contributed by atoms with Crippen molar-refractivity contribution in [2.24, 2.45) is 0 Å². The molecule has 1 saturated heterocycles. The highest BCUT2D eigenvalue weighted by atomic mass is 32.2. The number of benzene rings is 1. The standard InChI is InChI=1S/C23H27N5O2S/c29-21(24-18-11-12-18)20(17-8-3-1-4-9-17)31-23-26-25-22(27-13-5-2-6-14-27)28(23)16-19-10-7-15-30-19/h1,3-4,7-10,15,18,20H,2,5-6,11-14,16H2,(H,24,29)/t20-/m1/s1. The summed E-state index contributed by atoms with van der Waals surface area (Å²) < 4.78 is 7.71. The van der Waals surface area contributed by atoms with E-state index in [0.29, 0.717) is 12.6 Å². The molecule has 1 atom stereocenters. The van der Waals surface area contributed by atoms with E-state index in [1.807, 2.05) is 42.5 Å². The largest absolute Gasteiger partial charge is 0.467 e. The SMILES string of the molecule is O=C(NC1CC1)[C@H](Sc1nnc(N2CCCCC2)n1Cc1ccco1)c1ccccc1. The number of carbonyl (C=O) groups is 1. The molecule has 1 aliphatic carbocycles. The molecule has 3 heterocycles. The number of hydrogen-bond acceptors (Lipinski definition) is 6. The Kier molecular flexibility index (Phi) is 5.97. The van der Waals surface area contributed by atoms with E-state index in [0.717, 1.165) is 61.2 Å². The van der Waals surface area contributed by atoms with Gasteiger partial charge in [-0.05, 0) is 49.8 Å². The average molecular weight is 438 g/mol. The van der Waals surface area contributed by atoms with Crippen LogP contribution in [-0.2, 0) is 11.3 Å². The van der Waals surface area contributed by atoms with Gasteiger partial charge in [-0.1, -0.05) is 42.1 Å². The number of carbonyl (C=O) groups excluding carboxylic acids is 1. The van der Waals surface area contributed by atoms with Gasteiger partial charge in [0, 0.05) is 19.1 Å². The molecule has 0 spiro atoms. The lowest BCUT2D eigenvalue weighted by molar-refractivity contribution is -0.120. The number of amides is 1. The van der Waals surface area contributed by atoms with E-state index in [2.05, 4.69) is 25.0 Å². The molecular weight excluding hydrogens is 410 g/mol. The Morgan fingerprint density at radius 2 is 1.90 bits per heavy atom. The van der Waals surface area contributed by atoms with E-state index >= 15 is 0 Å². The van der Waals surface area contributed by atoms with Gasteiger partial charge in [0.1, 0.15) is 11.0 Å². The topological polar surface area (TPSA) is 76.2 Å². The fraction of sp³-hybridized carbons (Fsp3) is 0.435. The van der Waals surface area contributed by atoms with Crippen LogP contribution in [0.4, 0.5) is 5.95 Å². The summed E-state index contributed by atoms with van der Waals surface area (Å²) >= 11 is 1.46. The number of nitrogens with one attached hydrogen (secondary N) is 1. The Morgan fingerprint density at radius 1 is 1.10 bits per heavy atom. The molecule has 2 aliphatic rings. The highest BCUT2D eigenvalue weighted by Gasteiger charge is 2.31. The molecule has 5 rings (SSSR count). The van der Waals surface area contributed by atoms with Crippen LogP contribution in [0.25, 0.3) is 0 Å². The van der Waals surface area contributed by atoms with Gasteiger partial charge in [-0.3, -0.25) is 9.36 Å². The number of anilines is 1. The van der Waals surface area contributed by atoms with Crippen LogP contribution in [0, 0.1) is 0 Å². The predicted molar refractivity (Wildman–Crippen MR) is 120 cm³/mol. The number of piperidine rings is 1. The van der Waals surface area contributed by atoms with Crippen molar-refractivity contribution < 1.29 is 9.21 Å². The fourth-order valence-corrected chi connectivity index (χ4v) is 4.94. The predicted octanol–water partition coefficient (Wildman–Crippen LogP) is 4.02. The molecule has 162 valence electrons. The molecule has 2 aromatic heterocycles. The molecule has 3 aromatic rings. The summed E-state index contributed by atoms with van der Waals surface area (Å²) in [5.74, 6) is 1.73. The summed E-state index contributed by atoms with van der Waals surface area (Å²) in [5.41, 5.74) is 0.970. The Morgan fingerprint density at radius 3 is 2.61 bits per heavy atom. The van der Waals surface area contributed by atoms with E-state index < -0.39 is 0 Å². The third kappa shape index (κ3) is 4.79. The second-order valence-electron chi connectivity index (χ2n) is 8.19. The van der Waals surface area contributed by atoms with Gasteiger partial charge < -0.3 is 14.6 Å². The number of nitrogens with zero attached hydrogens (tertiary/aromatic N) is 4. The first kappa shape index (κ1) is 20.2. The van der Waals surface area contributed by atoms with Crippen LogP contribution in [0.1, 0.15) is 48.7 Å². The van der Waals surface area contributed by atoms with Crippen LogP contribution in [0.3, 0.4) is 0 Å². The smallest absolute Gasteiger partial charge is 0.238 e. The number of thioether (sulfide) groups is 1. The van der Waals surface area contributed by atoms with Gasteiger partial charge >= 0.3 is 0 Å². The van der Waals surface area contributed by atoms with Gasteiger partial charge in [0.15, 0.2) is 5.16 Å². The molecule has 7 nitrogen and oxygen atoms in total. The molecule has 0 radical (unpaired) electrons. The lowest BCUT2D eigenvalue weighted by atomic mass is 10.1. The molecule has 8 heteroatoms. The van der Waals surface area contributed by atoms with Crippen LogP contribution in [0.2, 0.25) is 0 Å². The van der Waals surface area contributed by atoms with E-state index in [1.165, 1.54) is 18.2 Å². The van der Waals surface area contributed by atoms with E-state index in [4.69, 9.17) is 4.42 Å². The van der Waals surface area contributed by atoms with Crippen LogP contribution in [0.5, 0.6) is 0 Å². The average Bonchev–Trinajstić information content (AvgIpc) is 3.31. The Balaban J connectivity index is 1.46. The third-order valence-electron chi connectivity index (χ3n) is 5.72. The van der Waals surface area contributed by atoms with Gasteiger partial charge in [-0.2, -0.15) is 0 Å². The second kappa shape index (κ2) is 9.18. The summed E-state index contributed by atoms with van der Waals surface area (Å²) in [6.07, 6.45) is 7.38. The van der Waals surface area contributed by atoms with Crippen molar-refractivity contribution in [2.75, 3.05) is 18.0 Å². The minimum atomic E-state index is -0.379. The maximum atomic E-state index is 13.1. The first-order valence-electron chi connectivity index (χ1n) is 11.0. The molecule has 31 heavy (non-hydrogen) atoms. The van der Waals surface area contributed by atoms with Crippen LogP contribution < -0.4 is 10.2 Å². The van der Waals surface area contributed by atoms with Crippen molar-refractivity contribution in [1.29, 1.82) is 0 Å². The van der Waals surface area contributed by atoms with Crippen molar-refractivity contribution in [3.05, 3.63) is 60.1 Å². The van der Waals surface area contributed by atoms with E-state index in [9.17, 15) is 4.79 Å². The van der Waals surface area contributed by atoms with Gasteiger partial charge in [0.05, 0.1) is 12.8 Å². The van der Waals surface area contributed by atoms with Gasteiger partial charge in [-0.25, -0.2) is 0 Å². The van der Waals surface area contributed by atoms with Crippen LogP contribution >= 0.6 is 11.8 Å². The summed E-state index contributed by atoms with van der Waals surface area (Å²) in [6.45, 7) is 2.50. The monoisotopic (exact) mass is 437 g/mol. The van der Waals surface area contributed by atoms with E-state index in [-0.39, 0.29) is 11.2 Å².